The van der Waals surface area contributed by atoms with E-state index < -0.39 is 0 Å². The highest BCUT2D eigenvalue weighted by molar-refractivity contribution is 5.97. The predicted molar refractivity (Wildman–Crippen MR) is 94.5 cm³/mol. The van der Waals surface area contributed by atoms with Gasteiger partial charge in [0, 0.05) is 22.2 Å². The molecule has 24 heavy (non-hydrogen) atoms. The molecule has 4 heteroatoms. The van der Waals surface area contributed by atoms with Gasteiger partial charge in [0.25, 0.3) is 0 Å². The molecule has 2 aromatic carbocycles. The number of carbonyl (C=O) groups excluding carboxylic acids is 2. The maximum atomic E-state index is 12.3. The molecule has 4 nitrogen and oxygen atoms in total. The molecule has 0 aliphatic rings. The van der Waals surface area contributed by atoms with Crippen molar-refractivity contribution in [1.29, 1.82) is 0 Å². The first-order chi connectivity index (χ1) is 11.4. The molecule has 0 saturated carbocycles. The zero-order valence-electron chi connectivity index (χ0n) is 14.0. The van der Waals surface area contributed by atoms with Crippen LogP contribution in [0.3, 0.4) is 0 Å². The van der Waals surface area contributed by atoms with Crippen molar-refractivity contribution in [3.63, 3.8) is 0 Å². The summed E-state index contributed by atoms with van der Waals surface area (Å²) in [5, 5.41) is 3.82. The highest BCUT2D eigenvalue weighted by Crippen LogP contribution is 2.25. The second kappa shape index (κ2) is 6.32. The summed E-state index contributed by atoms with van der Waals surface area (Å²) >= 11 is 0. The molecule has 0 saturated heterocycles. The minimum atomic E-state index is -0.119. The first kappa shape index (κ1) is 16.0. The van der Waals surface area contributed by atoms with Gasteiger partial charge in [-0.05, 0) is 68.3 Å². The number of hydrogen-bond acceptors (Lipinski definition) is 3. The molecule has 0 radical (unpaired) electrons. The van der Waals surface area contributed by atoms with Gasteiger partial charge in [0.1, 0.15) is 5.58 Å². The normalized spacial score (nSPS) is 10.8. The first-order valence-electron chi connectivity index (χ1n) is 7.82. The van der Waals surface area contributed by atoms with Crippen LogP contribution in [0.25, 0.3) is 11.0 Å². The van der Waals surface area contributed by atoms with Crippen LogP contribution in [0.1, 0.15) is 34.0 Å². The standard InChI is InChI=1S/C20H19NO3/c1-12-8-18-16(11-24-19(18)9-13(12)2)10-20(23)21-17-6-4-15(5-7-17)14(3)22/h4-9,11H,10H2,1-3H3,(H,21,23). The van der Waals surface area contributed by atoms with Gasteiger partial charge >= 0.3 is 0 Å². The van der Waals surface area contributed by atoms with Gasteiger partial charge in [-0.3, -0.25) is 9.59 Å². The summed E-state index contributed by atoms with van der Waals surface area (Å²) in [5.41, 5.74) is 5.30. The number of nitrogens with one attached hydrogen (secondary N) is 1. The molecule has 1 N–H and O–H groups in total. The average Bonchev–Trinajstić information content (AvgIpc) is 2.90. The number of anilines is 1. The summed E-state index contributed by atoms with van der Waals surface area (Å²) in [4.78, 5) is 23.5. The zero-order chi connectivity index (χ0) is 17.3. The van der Waals surface area contributed by atoms with E-state index in [1.165, 1.54) is 18.1 Å². The van der Waals surface area contributed by atoms with E-state index in [4.69, 9.17) is 4.42 Å². The van der Waals surface area contributed by atoms with E-state index >= 15 is 0 Å². The zero-order valence-corrected chi connectivity index (χ0v) is 14.0. The molecule has 0 atom stereocenters. The Morgan fingerprint density at radius 1 is 1.04 bits per heavy atom. The molecule has 0 spiro atoms. The molecular weight excluding hydrogens is 302 g/mol. The maximum Gasteiger partial charge on any atom is 0.228 e. The number of aryl methyl sites for hydroxylation is 2. The highest BCUT2D eigenvalue weighted by atomic mass is 16.3. The van der Waals surface area contributed by atoms with Gasteiger partial charge in [-0.25, -0.2) is 0 Å². The third kappa shape index (κ3) is 3.23. The van der Waals surface area contributed by atoms with Crippen LogP contribution in [0.5, 0.6) is 0 Å². The summed E-state index contributed by atoms with van der Waals surface area (Å²) in [6, 6.07) is 10.9. The molecule has 1 aromatic heterocycles. The van der Waals surface area contributed by atoms with Gasteiger partial charge in [0.2, 0.25) is 5.91 Å². The SMILES string of the molecule is CC(=O)c1ccc(NC(=O)Cc2coc3cc(C)c(C)cc23)cc1. The van der Waals surface area contributed by atoms with Gasteiger partial charge in [-0.15, -0.1) is 0 Å². The van der Waals surface area contributed by atoms with E-state index in [9.17, 15) is 9.59 Å². The lowest BCUT2D eigenvalue weighted by Crippen LogP contribution is -2.14. The lowest BCUT2D eigenvalue weighted by molar-refractivity contribution is -0.115. The third-order valence-electron chi connectivity index (χ3n) is 4.20. The van der Waals surface area contributed by atoms with Gasteiger partial charge in [-0.2, -0.15) is 0 Å². The number of amides is 1. The second-order valence-electron chi connectivity index (χ2n) is 6.05. The van der Waals surface area contributed by atoms with Crippen LogP contribution < -0.4 is 5.32 Å². The van der Waals surface area contributed by atoms with E-state index in [2.05, 4.69) is 11.4 Å². The highest BCUT2D eigenvalue weighted by Gasteiger charge is 2.12. The topological polar surface area (TPSA) is 59.3 Å². The Morgan fingerprint density at radius 2 is 1.71 bits per heavy atom. The Labute approximate surface area is 140 Å². The number of benzene rings is 2. The molecule has 3 rings (SSSR count). The molecule has 0 bridgehead atoms. The van der Waals surface area contributed by atoms with Crippen LogP contribution in [-0.4, -0.2) is 11.7 Å². The van der Waals surface area contributed by atoms with Crippen LogP contribution in [-0.2, 0) is 11.2 Å². The molecule has 0 aliphatic heterocycles. The lowest BCUT2D eigenvalue weighted by atomic mass is 10.0. The van der Waals surface area contributed by atoms with Crippen molar-refractivity contribution in [3.05, 3.63) is 64.9 Å². The van der Waals surface area contributed by atoms with E-state index in [0.717, 1.165) is 16.5 Å². The fraction of sp³-hybridized carbons (Fsp3) is 0.200. The predicted octanol–water partition coefficient (Wildman–Crippen LogP) is 4.43. The van der Waals surface area contributed by atoms with Crippen LogP contribution in [0.4, 0.5) is 5.69 Å². The van der Waals surface area contributed by atoms with Crippen molar-refractivity contribution < 1.29 is 14.0 Å². The summed E-state index contributed by atoms with van der Waals surface area (Å²) in [5.74, 6) is -0.116. The van der Waals surface area contributed by atoms with Crippen molar-refractivity contribution in [3.8, 4) is 0 Å². The molecular formula is C20H19NO3. The molecule has 0 unspecified atom stereocenters. The van der Waals surface area contributed by atoms with Gasteiger partial charge in [-0.1, -0.05) is 0 Å². The lowest BCUT2D eigenvalue weighted by Gasteiger charge is -2.05. The largest absolute Gasteiger partial charge is 0.464 e. The number of carbonyl (C=O) groups is 2. The fourth-order valence-corrected chi connectivity index (χ4v) is 2.64. The number of fused-ring (bicyclic) bond motifs is 1. The number of hydrogen-bond donors (Lipinski definition) is 1. The molecule has 0 fully saturated rings. The minimum absolute atomic E-state index is 0.00315. The van der Waals surface area contributed by atoms with Crippen molar-refractivity contribution in [2.24, 2.45) is 0 Å². The molecule has 1 heterocycles. The smallest absolute Gasteiger partial charge is 0.228 e. The molecule has 1 amide bonds. The maximum absolute atomic E-state index is 12.3. The summed E-state index contributed by atoms with van der Waals surface area (Å²) in [6.45, 7) is 5.60. The fourth-order valence-electron chi connectivity index (χ4n) is 2.64. The number of ketones is 1. The Balaban J connectivity index is 1.75. The summed E-state index contributed by atoms with van der Waals surface area (Å²) in [7, 11) is 0. The Morgan fingerprint density at radius 3 is 2.38 bits per heavy atom. The van der Waals surface area contributed by atoms with Crippen LogP contribution >= 0.6 is 0 Å². The van der Waals surface area contributed by atoms with E-state index in [0.29, 0.717) is 11.3 Å². The van der Waals surface area contributed by atoms with E-state index in [1.807, 2.05) is 19.9 Å². The van der Waals surface area contributed by atoms with Crippen molar-refractivity contribution in [2.75, 3.05) is 5.32 Å². The van der Waals surface area contributed by atoms with Crippen LogP contribution in [0.2, 0.25) is 0 Å². The Hall–Kier alpha value is -2.88. The number of furan rings is 1. The molecule has 122 valence electrons. The molecule has 3 aromatic rings. The first-order valence-corrected chi connectivity index (χ1v) is 7.82. The van der Waals surface area contributed by atoms with Crippen molar-refractivity contribution >= 4 is 28.3 Å². The van der Waals surface area contributed by atoms with E-state index in [-0.39, 0.29) is 18.1 Å². The van der Waals surface area contributed by atoms with Gasteiger partial charge in [0.05, 0.1) is 12.7 Å². The average molecular weight is 321 g/mol. The van der Waals surface area contributed by atoms with Crippen molar-refractivity contribution in [2.45, 2.75) is 27.2 Å². The molecule has 0 aliphatic carbocycles. The van der Waals surface area contributed by atoms with E-state index in [1.54, 1.807) is 30.5 Å². The van der Waals surface area contributed by atoms with Gasteiger partial charge in [0.15, 0.2) is 5.78 Å². The second-order valence-corrected chi connectivity index (χ2v) is 6.05. The van der Waals surface area contributed by atoms with Crippen LogP contribution in [0, 0.1) is 13.8 Å². The van der Waals surface area contributed by atoms with Crippen LogP contribution in [0.15, 0.2) is 47.1 Å². The summed E-state index contributed by atoms with van der Waals surface area (Å²) in [6.07, 6.45) is 1.88. The monoisotopic (exact) mass is 321 g/mol. The van der Waals surface area contributed by atoms with Gasteiger partial charge < -0.3 is 9.73 Å². The van der Waals surface area contributed by atoms with Crippen molar-refractivity contribution in [1.82, 2.24) is 0 Å². The number of rotatable bonds is 4. The Kier molecular flexibility index (Phi) is 4.21. The third-order valence-corrected chi connectivity index (χ3v) is 4.20. The number of Topliss-reactive ketones (excluding diaryl/α,β-unsaturated/α-hetero) is 1. The minimum Gasteiger partial charge on any atom is -0.464 e. The Bertz CT molecular complexity index is 920. The summed E-state index contributed by atoms with van der Waals surface area (Å²) < 4.78 is 5.56. The quantitative estimate of drug-likeness (QED) is 0.723.